The smallest absolute Gasteiger partial charge is 0.255 e. The minimum absolute atomic E-state index is 0.188. The molecule has 0 unspecified atom stereocenters. The van der Waals surface area contributed by atoms with Gasteiger partial charge in [-0.2, -0.15) is 0 Å². The van der Waals surface area contributed by atoms with Crippen LogP contribution in [0.2, 0.25) is 5.02 Å². The third-order valence-corrected chi connectivity index (χ3v) is 3.42. The van der Waals surface area contributed by atoms with Crippen LogP contribution in [0.5, 0.6) is 5.75 Å². The average molecular weight is 304 g/mol. The highest BCUT2D eigenvalue weighted by molar-refractivity contribution is 6.34. The molecule has 3 nitrogen and oxygen atoms in total. The zero-order valence-electron chi connectivity index (χ0n) is 12.4. The number of ether oxygens (including phenoxy) is 1. The maximum Gasteiger partial charge on any atom is 0.255 e. The lowest BCUT2D eigenvalue weighted by atomic mass is 10.1. The molecule has 0 atom stereocenters. The van der Waals surface area contributed by atoms with E-state index in [0.29, 0.717) is 22.9 Å². The Hall–Kier alpha value is -2.00. The van der Waals surface area contributed by atoms with Gasteiger partial charge in [-0.15, -0.1) is 0 Å². The van der Waals surface area contributed by atoms with Crippen LogP contribution >= 0.6 is 11.6 Å². The van der Waals surface area contributed by atoms with Gasteiger partial charge in [0.2, 0.25) is 0 Å². The van der Waals surface area contributed by atoms with E-state index in [1.54, 1.807) is 12.1 Å². The normalized spacial score (nSPS) is 10.3. The van der Waals surface area contributed by atoms with Gasteiger partial charge in [0.15, 0.2) is 0 Å². The van der Waals surface area contributed by atoms with E-state index in [9.17, 15) is 4.79 Å². The molecule has 2 aromatic carbocycles. The largest absolute Gasteiger partial charge is 0.494 e. The molecule has 21 heavy (non-hydrogen) atoms. The van der Waals surface area contributed by atoms with Crippen LogP contribution in [0.1, 0.15) is 28.4 Å². The fourth-order valence-corrected chi connectivity index (χ4v) is 2.31. The number of carbonyl (C=O) groups is 1. The second-order valence-corrected chi connectivity index (χ2v) is 5.26. The van der Waals surface area contributed by atoms with Gasteiger partial charge in [-0.3, -0.25) is 4.79 Å². The average Bonchev–Trinajstić information content (AvgIpc) is 2.44. The van der Waals surface area contributed by atoms with Crippen molar-refractivity contribution in [2.45, 2.75) is 20.8 Å². The SMILES string of the molecule is CCOc1ccc(C(=O)Nc2ccc(C)cc2Cl)cc1C. The zero-order chi connectivity index (χ0) is 15.4. The Morgan fingerprint density at radius 3 is 2.57 bits per heavy atom. The van der Waals surface area contributed by atoms with Crippen LogP contribution < -0.4 is 10.1 Å². The van der Waals surface area contributed by atoms with Gasteiger partial charge >= 0.3 is 0 Å². The maximum absolute atomic E-state index is 12.3. The molecule has 2 rings (SSSR count). The molecule has 0 fully saturated rings. The summed E-state index contributed by atoms with van der Waals surface area (Å²) in [6, 6.07) is 10.9. The van der Waals surface area contributed by atoms with Crippen molar-refractivity contribution in [2.24, 2.45) is 0 Å². The lowest BCUT2D eigenvalue weighted by Crippen LogP contribution is -2.12. The molecule has 0 radical (unpaired) electrons. The standard InChI is InChI=1S/C17H18ClNO2/c1-4-21-16-8-6-13(10-12(16)3)17(20)19-15-7-5-11(2)9-14(15)18/h5-10H,4H2,1-3H3,(H,19,20). The zero-order valence-corrected chi connectivity index (χ0v) is 13.1. The van der Waals surface area contributed by atoms with E-state index in [1.165, 1.54) is 0 Å². The quantitative estimate of drug-likeness (QED) is 0.896. The van der Waals surface area contributed by atoms with Crippen LogP contribution in [0.4, 0.5) is 5.69 Å². The summed E-state index contributed by atoms with van der Waals surface area (Å²) in [7, 11) is 0. The molecule has 0 saturated heterocycles. The van der Waals surface area contributed by atoms with Crippen molar-refractivity contribution in [1.29, 1.82) is 0 Å². The molecule has 1 N–H and O–H groups in total. The molecule has 0 aliphatic rings. The molecule has 0 aliphatic carbocycles. The number of hydrogen-bond acceptors (Lipinski definition) is 2. The molecular weight excluding hydrogens is 286 g/mol. The predicted molar refractivity (Wildman–Crippen MR) is 86.5 cm³/mol. The van der Waals surface area contributed by atoms with Crippen LogP contribution in [-0.2, 0) is 0 Å². The first-order valence-electron chi connectivity index (χ1n) is 6.82. The van der Waals surface area contributed by atoms with Gasteiger partial charge in [-0.1, -0.05) is 17.7 Å². The Morgan fingerprint density at radius 2 is 1.95 bits per heavy atom. The summed E-state index contributed by atoms with van der Waals surface area (Å²) < 4.78 is 5.47. The Morgan fingerprint density at radius 1 is 1.19 bits per heavy atom. The first-order valence-corrected chi connectivity index (χ1v) is 7.20. The number of aryl methyl sites for hydroxylation is 2. The van der Waals surface area contributed by atoms with Gasteiger partial charge < -0.3 is 10.1 Å². The van der Waals surface area contributed by atoms with Crippen LogP contribution in [0.3, 0.4) is 0 Å². The first kappa shape index (κ1) is 15.4. The van der Waals surface area contributed by atoms with Gasteiger partial charge in [0.05, 0.1) is 17.3 Å². The van der Waals surface area contributed by atoms with Gasteiger partial charge in [-0.05, 0) is 62.2 Å². The number of halogens is 1. The van der Waals surface area contributed by atoms with Crippen molar-refractivity contribution in [3.63, 3.8) is 0 Å². The van der Waals surface area contributed by atoms with E-state index in [2.05, 4.69) is 5.32 Å². The van der Waals surface area contributed by atoms with Crippen molar-refractivity contribution in [3.8, 4) is 5.75 Å². The topological polar surface area (TPSA) is 38.3 Å². The van der Waals surface area contributed by atoms with Crippen molar-refractivity contribution < 1.29 is 9.53 Å². The molecule has 110 valence electrons. The molecule has 0 bridgehead atoms. The van der Waals surface area contributed by atoms with E-state index in [0.717, 1.165) is 16.9 Å². The Labute approximate surface area is 129 Å². The number of carbonyl (C=O) groups excluding carboxylic acids is 1. The summed E-state index contributed by atoms with van der Waals surface area (Å²) in [4.78, 5) is 12.3. The van der Waals surface area contributed by atoms with Gasteiger partial charge in [-0.25, -0.2) is 0 Å². The first-order chi connectivity index (χ1) is 10.0. The number of amides is 1. The molecule has 0 aromatic heterocycles. The number of hydrogen-bond donors (Lipinski definition) is 1. The summed E-state index contributed by atoms with van der Waals surface area (Å²) in [6.45, 7) is 6.40. The second kappa shape index (κ2) is 6.64. The summed E-state index contributed by atoms with van der Waals surface area (Å²) in [6.07, 6.45) is 0. The highest BCUT2D eigenvalue weighted by Gasteiger charge is 2.10. The Balaban J connectivity index is 2.18. The Bertz CT molecular complexity index is 668. The summed E-state index contributed by atoms with van der Waals surface area (Å²) in [5.41, 5.74) is 3.17. The summed E-state index contributed by atoms with van der Waals surface area (Å²) >= 11 is 6.12. The third kappa shape index (κ3) is 3.76. The lowest BCUT2D eigenvalue weighted by molar-refractivity contribution is 0.102. The summed E-state index contributed by atoms with van der Waals surface area (Å²) in [5.74, 6) is 0.606. The van der Waals surface area contributed by atoms with E-state index >= 15 is 0 Å². The van der Waals surface area contributed by atoms with Crippen molar-refractivity contribution >= 4 is 23.2 Å². The van der Waals surface area contributed by atoms with Gasteiger partial charge in [0, 0.05) is 5.56 Å². The highest BCUT2D eigenvalue weighted by Crippen LogP contribution is 2.24. The molecule has 2 aromatic rings. The molecule has 0 heterocycles. The third-order valence-electron chi connectivity index (χ3n) is 3.11. The molecular formula is C17H18ClNO2. The monoisotopic (exact) mass is 303 g/mol. The van der Waals surface area contributed by atoms with E-state index in [-0.39, 0.29) is 5.91 Å². The number of benzene rings is 2. The van der Waals surface area contributed by atoms with Gasteiger partial charge in [0.1, 0.15) is 5.75 Å². The van der Waals surface area contributed by atoms with Crippen LogP contribution in [0.15, 0.2) is 36.4 Å². The second-order valence-electron chi connectivity index (χ2n) is 4.85. The van der Waals surface area contributed by atoms with Crippen LogP contribution in [-0.4, -0.2) is 12.5 Å². The molecule has 1 amide bonds. The number of rotatable bonds is 4. The Kier molecular flexibility index (Phi) is 4.86. The van der Waals surface area contributed by atoms with Gasteiger partial charge in [0.25, 0.3) is 5.91 Å². The molecule has 4 heteroatoms. The minimum Gasteiger partial charge on any atom is -0.494 e. The lowest BCUT2D eigenvalue weighted by Gasteiger charge is -2.10. The highest BCUT2D eigenvalue weighted by atomic mass is 35.5. The van der Waals surface area contributed by atoms with Crippen molar-refractivity contribution in [1.82, 2.24) is 0 Å². The molecule has 0 saturated carbocycles. The van der Waals surface area contributed by atoms with E-state index in [4.69, 9.17) is 16.3 Å². The molecule has 0 spiro atoms. The maximum atomic E-state index is 12.3. The number of anilines is 1. The van der Waals surface area contributed by atoms with E-state index < -0.39 is 0 Å². The van der Waals surface area contributed by atoms with E-state index in [1.807, 2.05) is 45.0 Å². The fourth-order valence-electron chi connectivity index (χ4n) is 2.02. The summed E-state index contributed by atoms with van der Waals surface area (Å²) in [5, 5.41) is 3.35. The van der Waals surface area contributed by atoms with Crippen molar-refractivity contribution in [3.05, 3.63) is 58.1 Å². The van der Waals surface area contributed by atoms with Crippen molar-refractivity contribution in [2.75, 3.05) is 11.9 Å². The minimum atomic E-state index is -0.188. The van der Waals surface area contributed by atoms with Crippen LogP contribution in [0.25, 0.3) is 0 Å². The predicted octanol–water partition coefficient (Wildman–Crippen LogP) is 4.61. The molecule has 0 aliphatic heterocycles. The number of nitrogens with one attached hydrogen (secondary N) is 1. The van der Waals surface area contributed by atoms with Crippen LogP contribution in [0, 0.1) is 13.8 Å². The fraction of sp³-hybridized carbons (Fsp3) is 0.235.